The molecule has 6 nitrogen and oxygen atoms in total. The summed E-state index contributed by atoms with van der Waals surface area (Å²) in [5, 5.41) is 10.6. The molecule has 1 aromatic heterocycles. The number of methoxy groups -OCH3 is 1. The number of anilines is 1. The first-order valence-electron chi connectivity index (χ1n) is 6.23. The van der Waals surface area contributed by atoms with E-state index in [1.165, 1.54) is 18.4 Å². The van der Waals surface area contributed by atoms with Gasteiger partial charge in [0.25, 0.3) is 5.91 Å². The van der Waals surface area contributed by atoms with Gasteiger partial charge in [0.2, 0.25) is 5.13 Å². The van der Waals surface area contributed by atoms with Gasteiger partial charge in [-0.15, -0.1) is 10.2 Å². The molecule has 1 heterocycles. The number of nitrogens with zero attached hydrogens (tertiary/aromatic N) is 2. The van der Waals surface area contributed by atoms with Crippen molar-refractivity contribution in [1.29, 1.82) is 0 Å². The molecule has 0 aliphatic heterocycles. The highest BCUT2D eigenvalue weighted by Gasteiger charge is 2.16. The monoisotopic (exact) mass is 371 g/mol. The third kappa shape index (κ3) is 3.92. The Labute approximate surface area is 134 Å². The SMILES string of the molecule is CCCOc1c(Br)cc(C(=O)Nc2nncs2)cc1OC. The van der Waals surface area contributed by atoms with Crippen molar-refractivity contribution < 1.29 is 14.3 Å². The van der Waals surface area contributed by atoms with E-state index in [2.05, 4.69) is 31.4 Å². The lowest BCUT2D eigenvalue weighted by Gasteiger charge is -2.13. The molecule has 1 aromatic carbocycles. The minimum absolute atomic E-state index is 0.284. The number of nitrogens with one attached hydrogen (secondary N) is 1. The number of benzene rings is 1. The first-order valence-corrected chi connectivity index (χ1v) is 7.90. The average molecular weight is 372 g/mol. The Morgan fingerprint density at radius 1 is 1.48 bits per heavy atom. The normalized spacial score (nSPS) is 10.2. The fourth-order valence-electron chi connectivity index (χ4n) is 1.59. The van der Waals surface area contributed by atoms with Gasteiger partial charge in [-0.05, 0) is 34.5 Å². The van der Waals surface area contributed by atoms with Gasteiger partial charge in [-0.2, -0.15) is 0 Å². The zero-order chi connectivity index (χ0) is 15.2. The van der Waals surface area contributed by atoms with Crippen LogP contribution in [-0.2, 0) is 0 Å². The van der Waals surface area contributed by atoms with E-state index in [1.807, 2.05) is 6.92 Å². The Morgan fingerprint density at radius 3 is 2.90 bits per heavy atom. The lowest BCUT2D eigenvalue weighted by atomic mass is 10.2. The fraction of sp³-hybridized carbons (Fsp3) is 0.308. The van der Waals surface area contributed by atoms with E-state index in [1.54, 1.807) is 17.6 Å². The van der Waals surface area contributed by atoms with Crippen LogP contribution in [0.15, 0.2) is 22.1 Å². The molecule has 0 atom stereocenters. The molecule has 2 rings (SSSR count). The first-order chi connectivity index (χ1) is 10.2. The molecule has 112 valence electrons. The van der Waals surface area contributed by atoms with E-state index in [-0.39, 0.29) is 5.91 Å². The smallest absolute Gasteiger partial charge is 0.257 e. The number of rotatable bonds is 6. The van der Waals surface area contributed by atoms with Crippen LogP contribution < -0.4 is 14.8 Å². The Morgan fingerprint density at radius 2 is 2.29 bits per heavy atom. The molecular weight excluding hydrogens is 358 g/mol. The summed E-state index contributed by atoms with van der Waals surface area (Å²) in [4.78, 5) is 12.2. The number of aromatic nitrogens is 2. The van der Waals surface area contributed by atoms with Crippen molar-refractivity contribution in [3.05, 3.63) is 27.7 Å². The van der Waals surface area contributed by atoms with E-state index < -0.39 is 0 Å². The second-order valence-electron chi connectivity index (χ2n) is 4.04. The van der Waals surface area contributed by atoms with Crippen molar-refractivity contribution in [3.63, 3.8) is 0 Å². The van der Waals surface area contributed by atoms with Gasteiger partial charge < -0.3 is 9.47 Å². The number of hydrogen-bond donors (Lipinski definition) is 1. The van der Waals surface area contributed by atoms with Gasteiger partial charge in [-0.3, -0.25) is 10.1 Å². The van der Waals surface area contributed by atoms with Crippen molar-refractivity contribution in [3.8, 4) is 11.5 Å². The Kier molecular flexibility index (Phi) is 5.51. The van der Waals surface area contributed by atoms with Gasteiger partial charge in [-0.1, -0.05) is 18.3 Å². The molecule has 0 aliphatic carbocycles. The summed E-state index contributed by atoms with van der Waals surface area (Å²) in [5.74, 6) is 0.805. The van der Waals surface area contributed by atoms with Crippen LogP contribution in [-0.4, -0.2) is 29.8 Å². The van der Waals surface area contributed by atoms with Crippen LogP contribution in [0.3, 0.4) is 0 Å². The minimum Gasteiger partial charge on any atom is -0.493 e. The molecule has 0 saturated heterocycles. The van der Waals surface area contributed by atoms with Crippen LogP contribution in [0.5, 0.6) is 11.5 Å². The van der Waals surface area contributed by atoms with Crippen LogP contribution in [0.4, 0.5) is 5.13 Å². The Bertz CT molecular complexity index is 619. The molecule has 0 radical (unpaired) electrons. The fourth-order valence-corrected chi connectivity index (χ4v) is 2.59. The summed E-state index contributed by atoms with van der Waals surface area (Å²) < 4.78 is 11.6. The summed E-state index contributed by atoms with van der Waals surface area (Å²) in [6.45, 7) is 2.59. The second-order valence-corrected chi connectivity index (χ2v) is 5.72. The summed E-state index contributed by atoms with van der Waals surface area (Å²) in [7, 11) is 1.53. The Balaban J connectivity index is 2.24. The van der Waals surface area contributed by atoms with Gasteiger partial charge in [0.1, 0.15) is 5.51 Å². The molecule has 0 fully saturated rings. The molecule has 2 aromatic rings. The summed E-state index contributed by atoms with van der Waals surface area (Å²) in [6.07, 6.45) is 0.884. The maximum atomic E-state index is 12.2. The van der Waals surface area contributed by atoms with E-state index in [4.69, 9.17) is 9.47 Å². The molecule has 1 N–H and O–H groups in total. The van der Waals surface area contributed by atoms with Crippen molar-refractivity contribution in [2.45, 2.75) is 13.3 Å². The third-order valence-electron chi connectivity index (χ3n) is 2.52. The van der Waals surface area contributed by atoms with E-state index in [0.29, 0.717) is 33.3 Å². The van der Waals surface area contributed by atoms with Crippen LogP contribution >= 0.6 is 27.3 Å². The predicted octanol–water partition coefficient (Wildman–Crippen LogP) is 3.35. The number of carbonyl (C=O) groups excluding carboxylic acids is 1. The van der Waals surface area contributed by atoms with Crippen molar-refractivity contribution in [2.24, 2.45) is 0 Å². The summed E-state index contributed by atoms with van der Waals surface area (Å²) >= 11 is 4.66. The largest absolute Gasteiger partial charge is 0.493 e. The maximum absolute atomic E-state index is 12.2. The average Bonchev–Trinajstić information content (AvgIpc) is 2.98. The van der Waals surface area contributed by atoms with Gasteiger partial charge >= 0.3 is 0 Å². The third-order valence-corrected chi connectivity index (χ3v) is 3.72. The molecule has 21 heavy (non-hydrogen) atoms. The lowest BCUT2D eigenvalue weighted by Crippen LogP contribution is -2.12. The zero-order valence-corrected chi connectivity index (χ0v) is 14.0. The standard InChI is InChI=1S/C13H14BrN3O3S/c1-3-4-20-11-9(14)5-8(6-10(11)19-2)12(18)16-13-17-15-7-21-13/h5-7H,3-4H2,1-2H3,(H,16,17,18). The van der Waals surface area contributed by atoms with Gasteiger partial charge in [0, 0.05) is 5.56 Å². The summed E-state index contributed by atoms with van der Waals surface area (Å²) in [6, 6.07) is 3.32. The molecule has 1 amide bonds. The highest BCUT2D eigenvalue weighted by Crippen LogP contribution is 2.37. The zero-order valence-electron chi connectivity index (χ0n) is 11.6. The summed E-state index contributed by atoms with van der Waals surface area (Å²) in [5.41, 5.74) is 1.99. The number of carbonyl (C=O) groups is 1. The minimum atomic E-state index is -0.284. The molecular formula is C13H14BrN3O3S. The molecule has 0 bridgehead atoms. The highest BCUT2D eigenvalue weighted by molar-refractivity contribution is 9.10. The molecule has 0 aliphatic rings. The van der Waals surface area contributed by atoms with Crippen LogP contribution in [0.2, 0.25) is 0 Å². The van der Waals surface area contributed by atoms with Crippen LogP contribution in [0, 0.1) is 0 Å². The number of ether oxygens (including phenoxy) is 2. The lowest BCUT2D eigenvalue weighted by molar-refractivity contribution is 0.102. The predicted molar refractivity (Wildman–Crippen MR) is 84.3 cm³/mol. The highest BCUT2D eigenvalue weighted by atomic mass is 79.9. The van der Waals surface area contributed by atoms with Crippen LogP contribution in [0.25, 0.3) is 0 Å². The van der Waals surface area contributed by atoms with Gasteiger partial charge in [0.05, 0.1) is 18.2 Å². The first kappa shape index (κ1) is 15.7. The molecule has 0 saturated carbocycles. The maximum Gasteiger partial charge on any atom is 0.257 e. The molecule has 0 unspecified atom stereocenters. The Hall–Kier alpha value is -1.67. The quantitative estimate of drug-likeness (QED) is 0.842. The van der Waals surface area contributed by atoms with E-state index in [0.717, 1.165) is 6.42 Å². The van der Waals surface area contributed by atoms with Gasteiger partial charge in [-0.25, -0.2) is 0 Å². The number of hydrogen-bond acceptors (Lipinski definition) is 6. The number of halogens is 1. The van der Waals surface area contributed by atoms with Gasteiger partial charge in [0.15, 0.2) is 11.5 Å². The van der Waals surface area contributed by atoms with Crippen LogP contribution in [0.1, 0.15) is 23.7 Å². The number of amides is 1. The van der Waals surface area contributed by atoms with E-state index in [9.17, 15) is 4.79 Å². The van der Waals surface area contributed by atoms with Crippen molar-refractivity contribution in [1.82, 2.24) is 10.2 Å². The van der Waals surface area contributed by atoms with Crippen molar-refractivity contribution >= 4 is 38.3 Å². The van der Waals surface area contributed by atoms with Crippen molar-refractivity contribution in [2.75, 3.05) is 19.0 Å². The molecule has 8 heteroatoms. The topological polar surface area (TPSA) is 73.3 Å². The second kappa shape index (κ2) is 7.37. The molecule has 0 spiro atoms. The van der Waals surface area contributed by atoms with E-state index >= 15 is 0 Å².